The van der Waals surface area contributed by atoms with Crippen LogP contribution in [-0.4, -0.2) is 57.6 Å². The number of carbonyl (C=O) groups excluding carboxylic acids is 3. The number of amides is 3. The van der Waals surface area contributed by atoms with Crippen LogP contribution in [0.1, 0.15) is 58.4 Å². The number of aliphatic hydroxyl groups excluding tert-OH is 1. The van der Waals surface area contributed by atoms with Crippen LogP contribution in [-0.2, 0) is 11.3 Å². The second-order valence-corrected chi connectivity index (χ2v) is 8.48. The lowest BCUT2D eigenvalue weighted by Crippen LogP contribution is -2.33. The number of hydroxylamine groups is 1. The lowest BCUT2D eigenvalue weighted by Gasteiger charge is -2.22. The third-order valence-corrected chi connectivity index (χ3v) is 5.85. The van der Waals surface area contributed by atoms with Gasteiger partial charge in [0.2, 0.25) is 5.91 Å². The van der Waals surface area contributed by atoms with E-state index in [-0.39, 0.29) is 37.3 Å². The van der Waals surface area contributed by atoms with E-state index < -0.39 is 0 Å². The molecule has 0 saturated carbocycles. The van der Waals surface area contributed by atoms with Crippen molar-refractivity contribution < 1.29 is 24.7 Å². The summed E-state index contributed by atoms with van der Waals surface area (Å²) in [5.74, 6) is -0.778. The molecule has 9 nitrogen and oxygen atoms in total. The standard InChI is InChI=1S/C27H32N4O5/c32-18-17-31(27(35)23-9-5-7-21-8-6-16-28-25(21)23)19-20-11-13-22(14-12-20)26(34)29-15-4-2-1-3-10-24(33)30-36/h5-9,11-14,16,32,36H,1-4,10,15,17-19H2,(H,29,34)(H,30,33). The van der Waals surface area contributed by atoms with Gasteiger partial charge in [-0.2, -0.15) is 0 Å². The number of nitrogens with zero attached hydrogens (tertiary/aromatic N) is 2. The van der Waals surface area contributed by atoms with Crippen LogP contribution in [0.2, 0.25) is 0 Å². The molecule has 1 aromatic heterocycles. The van der Waals surface area contributed by atoms with Crippen LogP contribution in [0, 0.1) is 0 Å². The van der Waals surface area contributed by atoms with Crippen molar-refractivity contribution in [2.24, 2.45) is 0 Å². The number of para-hydroxylation sites is 1. The Kier molecular flexibility index (Phi) is 10.3. The molecule has 0 radical (unpaired) electrons. The third-order valence-electron chi connectivity index (χ3n) is 5.85. The van der Waals surface area contributed by atoms with Crippen molar-refractivity contribution in [3.63, 3.8) is 0 Å². The van der Waals surface area contributed by atoms with Crippen molar-refractivity contribution in [3.8, 4) is 0 Å². The fourth-order valence-electron chi connectivity index (χ4n) is 3.93. The molecule has 190 valence electrons. The largest absolute Gasteiger partial charge is 0.395 e. The molecule has 0 aliphatic carbocycles. The number of nitrogens with one attached hydrogen (secondary N) is 2. The van der Waals surface area contributed by atoms with E-state index in [1.54, 1.807) is 46.9 Å². The highest BCUT2D eigenvalue weighted by atomic mass is 16.5. The molecule has 0 aliphatic heterocycles. The summed E-state index contributed by atoms with van der Waals surface area (Å²) in [6.45, 7) is 0.831. The highest BCUT2D eigenvalue weighted by Gasteiger charge is 2.19. The van der Waals surface area contributed by atoms with Crippen LogP contribution in [0.3, 0.4) is 0 Å². The molecule has 4 N–H and O–H groups in total. The molecule has 0 saturated heterocycles. The number of fused-ring (bicyclic) bond motifs is 1. The van der Waals surface area contributed by atoms with E-state index in [0.717, 1.165) is 30.2 Å². The fraction of sp³-hybridized carbons (Fsp3) is 0.333. The summed E-state index contributed by atoms with van der Waals surface area (Å²) < 4.78 is 0. The first-order valence-corrected chi connectivity index (χ1v) is 12.1. The smallest absolute Gasteiger partial charge is 0.256 e. The van der Waals surface area contributed by atoms with Gasteiger partial charge in [-0.15, -0.1) is 0 Å². The van der Waals surface area contributed by atoms with Gasteiger partial charge < -0.3 is 15.3 Å². The first-order valence-electron chi connectivity index (χ1n) is 12.1. The Morgan fingerprint density at radius 3 is 2.42 bits per heavy atom. The van der Waals surface area contributed by atoms with Crippen molar-refractivity contribution >= 4 is 28.6 Å². The number of rotatable bonds is 13. The van der Waals surface area contributed by atoms with Crippen molar-refractivity contribution in [3.05, 3.63) is 77.5 Å². The topological polar surface area (TPSA) is 132 Å². The number of benzene rings is 2. The number of unbranched alkanes of at least 4 members (excludes halogenated alkanes) is 3. The maximum atomic E-state index is 13.3. The number of carbonyl (C=O) groups is 3. The van der Waals surface area contributed by atoms with Gasteiger partial charge in [0.25, 0.3) is 11.8 Å². The molecule has 2 aromatic carbocycles. The van der Waals surface area contributed by atoms with Gasteiger partial charge in [0.05, 0.1) is 17.7 Å². The average Bonchev–Trinajstić information content (AvgIpc) is 2.91. The Balaban J connectivity index is 1.53. The summed E-state index contributed by atoms with van der Waals surface area (Å²) in [4.78, 5) is 42.6. The zero-order valence-corrected chi connectivity index (χ0v) is 20.2. The molecule has 0 aliphatic rings. The number of pyridine rings is 1. The third kappa shape index (κ3) is 7.59. The zero-order chi connectivity index (χ0) is 25.8. The lowest BCUT2D eigenvalue weighted by atomic mass is 10.1. The second kappa shape index (κ2) is 13.9. The second-order valence-electron chi connectivity index (χ2n) is 8.48. The van der Waals surface area contributed by atoms with Crippen molar-refractivity contribution in [1.82, 2.24) is 20.7 Å². The van der Waals surface area contributed by atoms with Gasteiger partial charge in [-0.3, -0.25) is 24.6 Å². The summed E-state index contributed by atoms with van der Waals surface area (Å²) >= 11 is 0. The van der Waals surface area contributed by atoms with Gasteiger partial charge in [-0.25, -0.2) is 5.48 Å². The van der Waals surface area contributed by atoms with Gasteiger partial charge in [-0.1, -0.05) is 43.2 Å². The van der Waals surface area contributed by atoms with Crippen molar-refractivity contribution in [2.45, 2.75) is 38.6 Å². The van der Waals surface area contributed by atoms with Crippen LogP contribution in [0.15, 0.2) is 60.8 Å². The molecule has 3 rings (SSSR count). The molecular weight excluding hydrogens is 460 g/mol. The Morgan fingerprint density at radius 1 is 0.917 bits per heavy atom. The Bertz CT molecular complexity index is 1160. The van der Waals surface area contributed by atoms with Gasteiger partial charge in [-0.05, 0) is 42.7 Å². The summed E-state index contributed by atoms with van der Waals surface area (Å²) in [5, 5.41) is 21.8. The van der Waals surface area contributed by atoms with Gasteiger partial charge >= 0.3 is 0 Å². The van der Waals surface area contributed by atoms with E-state index in [1.165, 1.54) is 0 Å². The average molecular weight is 493 g/mol. The SMILES string of the molecule is O=C(CCCCCCNC(=O)c1ccc(CN(CCO)C(=O)c2cccc3cccnc23)cc1)NO. The number of aliphatic hydroxyl groups is 1. The van der Waals surface area contributed by atoms with E-state index in [2.05, 4.69) is 10.3 Å². The molecule has 36 heavy (non-hydrogen) atoms. The number of aromatic nitrogens is 1. The van der Waals surface area contributed by atoms with Gasteiger partial charge in [0, 0.05) is 43.2 Å². The molecule has 0 fully saturated rings. The molecule has 9 heteroatoms. The Morgan fingerprint density at radius 2 is 1.67 bits per heavy atom. The minimum Gasteiger partial charge on any atom is -0.395 e. The lowest BCUT2D eigenvalue weighted by molar-refractivity contribution is -0.129. The van der Waals surface area contributed by atoms with E-state index in [1.807, 2.05) is 24.3 Å². The Hall–Kier alpha value is -3.82. The fourth-order valence-corrected chi connectivity index (χ4v) is 3.93. The molecule has 3 amide bonds. The van der Waals surface area contributed by atoms with E-state index in [9.17, 15) is 19.5 Å². The molecule has 3 aromatic rings. The normalized spacial score (nSPS) is 10.7. The van der Waals surface area contributed by atoms with Crippen LogP contribution in [0.25, 0.3) is 10.9 Å². The van der Waals surface area contributed by atoms with Crippen LogP contribution in [0.5, 0.6) is 0 Å². The molecule has 0 spiro atoms. The maximum absolute atomic E-state index is 13.3. The minimum absolute atomic E-state index is 0.168. The molecule has 0 unspecified atom stereocenters. The van der Waals surface area contributed by atoms with Crippen LogP contribution in [0.4, 0.5) is 0 Å². The quantitative estimate of drug-likeness (QED) is 0.165. The predicted molar refractivity (Wildman–Crippen MR) is 135 cm³/mol. The van der Waals surface area contributed by atoms with Gasteiger partial charge in [0.1, 0.15) is 0 Å². The number of hydrogen-bond donors (Lipinski definition) is 4. The first-order chi connectivity index (χ1) is 17.5. The maximum Gasteiger partial charge on any atom is 0.256 e. The van der Waals surface area contributed by atoms with Crippen LogP contribution < -0.4 is 10.8 Å². The molecule has 0 atom stereocenters. The highest BCUT2D eigenvalue weighted by Crippen LogP contribution is 2.19. The minimum atomic E-state index is -0.388. The summed E-state index contributed by atoms with van der Waals surface area (Å²) in [6, 6.07) is 16.2. The van der Waals surface area contributed by atoms with E-state index >= 15 is 0 Å². The first kappa shape index (κ1) is 26.8. The van der Waals surface area contributed by atoms with E-state index in [4.69, 9.17) is 5.21 Å². The zero-order valence-electron chi connectivity index (χ0n) is 20.2. The van der Waals surface area contributed by atoms with Crippen LogP contribution >= 0.6 is 0 Å². The monoisotopic (exact) mass is 492 g/mol. The highest BCUT2D eigenvalue weighted by molar-refractivity contribution is 6.05. The molecule has 1 heterocycles. The van der Waals surface area contributed by atoms with Gasteiger partial charge in [0.15, 0.2) is 0 Å². The summed E-state index contributed by atoms with van der Waals surface area (Å²) in [5.41, 5.74) is 4.08. The van der Waals surface area contributed by atoms with Crippen molar-refractivity contribution in [2.75, 3.05) is 19.7 Å². The summed E-state index contributed by atoms with van der Waals surface area (Å²) in [6.07, 6.45) is 5.14. The Labute approximate surface area is 210 Å². The predicted octanol–water partition coefficient (Wildman–Crippen LogP) is 3.06. The van der Waals surface area contributed by atoms with Crippen molar-refractivity contribution in [1.29, 1.82) is 0 Å². The molecule has 0 bridgehead atoms. The summed E-state index contributed by atoms with van der Waals surface area (Å²) in [7, 11) is 0. The molecular formula is C27H32N4O5. The number of hydrogen-bond acceptors (Lipinski definition) is 6. The van der Waals surface area contributed by atoms with E-state index in [0.29, 0.717) is 36.2 Å².